The van der Waals surface area contributed by atoms with Crippen LogP contribution in [0.3, 0.4) is 0 Å². The van der Waals surface area contributed by atoms with Crippen molar-refractivity contribution in [3.05, 3.63) is 58.9 Å². The lowest BCUT2D eigenvalue weighted by Crippen LogP contribution is -2.06. The van der Waals surface area contributed by atoms with E-state index in [0.717, 1.165) is 91.1 Å². The molecule has 4 rings (SSSR count). The van der Waals surface area contributed by atoms with Crippen LogP contribution in [0, 0.1) is 6.92 Å². The van der Waals surface area contributed by atoms with E-state index in [4.69, 9.17) is 25.1 Å². The summed E-state index contributed by atoms with van der Waals surface area (Å²) < 4.78 is 12.6. The van der Waals surface area contributed by atoms with Gasteiger partial charge in [-0.05, 0) is 61.2 Å². The van der Waals surface area contributed by atoms with Gasteiger partial charge in [-0.1, -0.05) is 64.3 Å². The van der Waals surface area contributed by atoms with Gasteiger partial charge < -0.3 is 34.5 Å². The van der Waals surface area contributed by atoms with Crippen molar-refractivity contribution in [3.63, 3.8) is 0 Å². The molecule has 0 saturated carbocycles. The van der Waals surface area contributed by atoms with Gasteiger partial charge in [0.05, 0.1) is 17.6 Å². The van der Waals surface area contributed by atoms with Crippen molar-refractivity contribution in [1.82, 2.24) is 14.5 Å². The van der Waals surface area contributed by atoms with Crippen LogP contribution in [0.2, 0.25) is 0 Å². The van der Waals surface area contributed by atoms with Gasteiger partial charge in [-0.2, -0.15) is 0 Å². The molecule has 9 nitrogen and oxygen atoms in total. The first-order valence-electron chi connectivity index (χ1n) is 15.1. The quantitative estimate of drug-likeness (QED) is 0.0892. The van der Waals surface area contributed by atoms with E-state index < -0.39 is 8.60 Å². The Balaban J connectivity index is 0.000000505. The van der Waals surface area contributed by atoms with Crippen molar-refractivity contribution in [2.45, 2.75) is 79.2 Å². The predicted octanol–water partition coefficient (Wildman–Crippen LogP) is 6.70. The minimum absolute atomic E-state index is 0.455. The SMILES string of the molecule is CCCCCOCCP.CCCCc1nc2c(N)nc3cc(CC)ccc3c2n1Cc1ccc(OP(O)O)c(C)c1.CO. The summed E-state index contributed by atoms with van der Waals surface area (Å²) in [7, 11) is 1.21. The smallest absolute Gasteiger partial charge is 0.391 e. The number of benzene rings is 2. The van der Waals surface area contributed by atoms with E-state index in [0.29, 0.717) is 18.1 Å². The van der Waals surface area contributed by atoms with Crippen LogP contribution in [0.4, 0.5) is 5.82 Å². The normalized spacial score (nSPS) is 10.9. The lowest BCUT2D eigenvalue weighted by Gasteiger charge is -2.14. The number of imidazole rings is 1. The maximum Gasteiger partial charge on any atom is 0.391 e. The van der Waals surface area contributed by atoms with E-state index in [9.17, 15) is 9.79 Å². The number of hydrogen-bond acceptors (Lipinski definition) is 8. The molecule has 0 fully saturated rings. The highest BCUT2D eigenvalue weighted by atomic mass is 31.2. The zero-order chi connectivity index (χ0) is 31.8. The first-order chi connectivity index (χ1) is 20.8. The van der Waals surface area contributed by atoms with Gasteiger partial charge in [0.2, 0.25) is 0 Å². The van der Waals surface area contributed by atoms with Gasteiger partial charge in [0.15, 0.2) is 5.82 Å². The maximum absolute atomic E-state index is 9.18. The summed E-state index contributed by atoms with van der Waals surface area (Å²) in [6, 6.07) is 12.1. The summed E-state index contributed by atoms with van der Waals surface area (Å²) in [4.78, 5) is 27.9. The molecule has 238 valence electrons. The molecule has 0 aliphatic heterocycles. The molecule has 0 bridgehead atoms. The van der Waals surface area contributed by atoms with Crippen LogP contribution in [-0.2, 0) is 24.1 Å². The van der Waals surface area contributed by atoms with Crippen molar-refractivity contribution < 1.29 is 24.2 Å². The lowest BCUT2D eigenvalue weighted by molar-refractivity contribution is 0.145. The molecule has 1 unspecified atom stereocenters. The molecule has 43 heavy (non-hydrogen) atoms. The number of rotatable bonds is 14. The van der Waals surface area contributed by atoms with Crippen molar-refractivity contribution in [2.75, 3.05) is 32.2 Å². The fourth-order valence-corrected chi connectivity index (χ4v) is 5.29. The van der Waals surface area contributed by atoms with Crippen LogP contribution >= 0.6 is 17.8 Å². The van der Waals surface area contributed by atoms with E-state index in [1.807, 2.05) is 19.1 Å². The molecule has 0 saturated heterocycles. The highest BCUT2D eigenvalue weighted by Gasteiger charge is 2.18. The topological polar surface area (TPSA) is 136 Å². The molecule has 11 heteroatoms. The van der Waals surface area contributed by atoms with Gasteiger partial charge in [0, 0.05) is 32.1 Å². The summed E-state index contributed by atoms with van der Waals surface area (Å²) in [6.45, 7) is 10.9. The molecule has 0 aliphatic rings. The fraction of sp³-hybridized carbons (Fsp3) is 0.500. The summed E-state index contributed by atoms with van der Waals surface area (Å²) in [5.41, 5.74) is 12.1. The van der Waals surface area contributed by atoms with Gasteiger partial charge in [0.25, 0.3) is 0 Å². The molecule has 0 amide bonds. The zero-order valence-electron chi connectivity index (χ0n) is 26.3. The van der Waals surface area contributed by atoms with Crippen molar-refractivity contribution in [2.24, 2.45) is 0 Å². The first-order valence-corrected chi connectivity index (χ1v) is 17.1. The number of hydrogen-bond donors (Lipinski definition) is 4. The molecule has 0 radical (unpaired) electrons. The Labute approximate surface area is 260 Å². The van der Waals surface area contributed by atoms with Crippen LogP contribution < -0.4 is 10.3 Å². The number of aliphatic hydroxyl groups excluding tert-OH is 1. The average Bonchev–Trinajstić information content (AvgIpc) is 3.37. The van der Waals surface area contributed by atoms with E-state index >= 15 is 0 Å². The zero-order valence-corrected chi connectivity index (χ0v) is 28.4. The van der Waals surface area contributed by atoms with Crippen molar-refractivity contribution >= 4 is 45.6 Å². The Morgan fingerprint density at radius 3 is 2.28 bits per heavy atom. The van der Waals surface area contributed by atoms with Gasteiger partial charge in [-0.25, -0.2) is 9.97 Å². The van der Waals surface area contributed by atoms with Crippen LogP contribution in [0.1, 0.15) is 75.4 Å². The third kappa shape index (κ3) is 10.9. The van der Waals surface area contributed by atoms with Gasteiger partial charge in [-0.15, -0.1) is 9.24 Å². The second-order valence-electron chi connectivity index (χ2n) is 10.2. The summed E-state index contributed by atoms with van der Waals surface area (Å²) >= 11 is 0. The second kappa shape index (κ2) is 19.8. The Morgan fingerprint density at radius 1 is 0.930 bits per heavy atom. The highest BCUT2D eigenvalue weighted by Crippen LogP contribution is 2.33. The third-order valence-electron chi connectivity index (χ3n) is 6.92. The van der Waals surface area contributed by atoms with Gasteiger partial charge >= 0.3 is 8.60 Å². The summed E-state index contributed by atoms with van der Waals surface area (Å²) in [5, 5.41) is 8.05. The molecule has 4 aromatic rings. The second-order valence-corrected chi connectivity index (χ2v) is 11.4. The first kappa shape index (κ1) is 36.8. The number of aromatic nitrogens is 3. The van der Waals surface area contributed by atoms with Crippen molar-refractivity contribution in [1.29, 1.82) is 0 Å². The van der Waals surface area contributed by atoms with Crippen LogP contribution in [0.25, 0.3) is 21.9 Å². The van der Waals surface area contributed by atoms with E-state index in [1.165, 1.54) is 24.8 Å². The summed E-state index contributed by atoms with van der Waals surface area (Å²) in [5.74, 6) is 1.92. The van der Waals surface area contributed by atoms with Crippen LogP contribution in [0.5, 0.6) is 5.75 Å². The number of nitrogen functional groups attached to an aromatic ring is 1. The molecular weight excluding hydrogens is 582 g/mol. The number of aryl methyl sites for hydroxylation is 3. The molecule has 0 aliphatic carbocycles. The maximum atomic E-state index is 9.18. The fourth-order valence-electron chi connectivity index (χ4n) is 4.74. The Morgan fingerprint density at radius 2 is 1.65 bits per heavy atom. The van der Waals surface area contributed by atoms with E-state index in [1.54, 1.807) is 6.07 Å². The molecule has 2 aromatic heterocycles. The number of nitrogens with zero attached hydrogens (tertiary/aromatic N) is 3. The average molecular weight is 633 g/mol. The van der Waals surface area contributed by atoms with Crippen LogP contribution in [-0.4, -0.2) is 55.9 Å². The largest absolute Gasteiger partial charge is 0.427 e. The number of fused-ring (bicyclic) bond motifs is 3. The monoisotopic (exact) mass is 632 g/mol. The number of nitrogens with two attached hydrogens (primary N) is 1. The van der Waals surface area contributed by atoms with Gasteiger partial charge in [0.1, 0.15) is 17.1 Å². The predicted molar refractivity (Wildman–Crippen MR) is 183 cm³/mol. The Hall–Kier alpha value is -2.38. The molecule has 1 atom stereocenters. The molecule has 2 heterocycles. The third-order valence-corrected chi connectivity index (χ3v) is 7.52. The Kier molecular flexibility index (Phi) is 17.0. The number of unbranched alkanes of at least 4 members (excludes halogenated alkanes) is 3. The molecule has 5 N–H and O–H groups in total. The van der Waals surface area contributed by atoms with Crippen LogP contribution in [0.15, 0.2) is 36.4 Å². The standard InChI is InChI=1S/C24H29N4O3P.C7H17OP.CH4O/c1-4-6-7-21-27-22-23(18-10-8-16(5-2)13-19(18)26-24(22)25)28(21)14-17-9-11-20(15(3)12-17)31-32(29)30;1-2-3-4-5-8-6-7-9;1-2/h8-13,29-30H,4-7,14H2,1-3H3,(H2,25,26);2-7,9H2,1H3;2H,1H3. The number of aliphatic hydroxyl groups is 1. The van der Waals surface area contributed by atoms with E-state index in [2.05, 4.69) is 57.8 Å². The highest BCUT2D eigenvalue weighted by molar-refractivity contribution is 7.39. The minimum atomic E-state index is -2.44. The lowest BCUT2D eigenvalue weighted by atomic mass is 10.1. The number of ether oxygens (including phenoxy) is 1. The number of anilines is 1. The number of pyridine rings is 1. The molecule has 2 aromatic carbocycles. The Bertz CT molecular complexity index is 1390. The van der Waals surface area contributed by atoms with Crippen molar-refractivity contribution in [3.8, 4) is 5.75 Å². The summed E-state index contributed by atoms with van der Waals surface area (Å²) in [6.07, 6.45) is 8.78. The molecule has 0 spiro atoms. The minimum Gasteiger partial charge on any atom is -0.427 e. The van der Waals surface area contributed by atoms with Gasteiger partial charge in [-0.3, -0.25) is 0 Å². The van der Waals surface area contributed by atoms with E-state index in [-0.39, 0.29) is 0 Å². The molecular formula is C32H50N4O5P2.